The fourth-order valence-corrected chi connectivity index (χ4v) is 5.99. The number of carbonyl (C=O) groups excluding carboxylic acids is 2. The molecule has 1 fully saturated rings. The van der Waals surface area contributed by atoms with Gasteiger partial charge in [0.05, 0.1) is 30.7 Å². The molecule has 38 heavy (non-hydrogen) atoms. The predicted molar refractivity (Wildman–Crippen MR) is 146 cm³/mol. The van der Waals surface area contributed by atoms with E-state index in [2.05, 4.69) is 32.8 Å². The van der Waals surface area contributed by atoms with Crippen molar-refractivity contribution in [3.63, 3.8) is 0 Å². The second-order valence-corrected chi connectivity index (χ2v) is 11.0. The highest BCUT2D eigenvalue weighted by atomic mass is 35.5. The molecule has 1 aromatic carbocycles. The van der Waals surface area contributed by atoms with E-state index in [-0.39, 0.29) is 23.8 Å². The zero-order valence-corrected chi connectivity index (χ0v) is 22.7. The molecule has 0 radical (unpaired) electrons. The third-order valence-corrected chi connectivity index (χ3v) is 8.08. The Morgan fingerprint density at radius 1 is 1.29 bits per heavy atom. The van der Waals surface area contributed by atoms with Crippen LogP contribution in [0.1, 0.15) is 39.2 Å². The van der Waals surface area contributed by atoms with Crippen molar-refractivity contribution in [2.45, 2.75) is 52.2 Å². The van der Waals surface area contributed by atoms with Crippen LogP contribution in [0.3, 0.4) is 0 Å². The number of halogens is 1. The Kier molecular flexibility index (Phi) is 6.85. The zero-order chi connectivity index (χ0) is 27.2. The van der Waals surface area contributed by atoms with Gasteiger partial charge in [0.15, 0.2) is 5.82 Å². The molecule has 10 nitrogen and oxygen atoms in total. The first-order valence-electron chi connectivity index (χ1n) is 12.8. The number of benzene rings is 1. The van der Waals surface area contributed by atoms with Crippen LogP contribution >= 0.6 is 11.6 Å². The van der Waals surface area contributed by atoms with Crippen molar-refractivity contribution < 1.29 is 19.1 Å². The van der Waals surface area contributed by atoms with Gasteiger partial charge in [-0.05, 0) is 38.3 Å². The number of aromatic nitrogens is 2. The van der Waals surface area contributed by atoms with Crippen LogP contribution in [0.25, 0.3) is 0 Å². The van der Waals surface area contributed by atoms with Crippen LogP contribution in [-0.2, 0) is 16.0 Å². The number of nitrogens with zero attached hydrogens (tertiary/aromatic N) is 3. The number of ether oxygens (including phenoxy) is 2. The van der Waals surface area contributed by atoms with Gasteiger partial charge >= 0.3 is 6.09 Å². The predicted octanol–water partition coefficient (Wildman–Crippen LogP) is 4.66. The van der Waals surface area contributed by atoms with Gasteiger partial charge in [-0.2, -0.15) is 4.98 Å². The highest BCUT2D eigenvalue weighted by molar-refractivity contribution is 6.32. The highest BCUT2D eigenvalue weighted by Crippen LogP contribution is 2.45. The topological polar surface area (TPSA) is 132 Å². The summed E-state index contributed by atoms with van der Waals surface area (Å²) >= 11 is 6.45. The van der Waals surface area contributed by atoms with E-state index in [0.717, 1.165) is 17.7 Å². The average molecular weight is 541 g/mol. The van der Waals surface area contributed by atoms with Gasteiger partial charge in [-0.25, -0.2) is 9.78 Å². The van der Waals surface area contributed by atoms with Gasteiger partial charge < -0.3 is 30.7 Å². The van der Waals surface area contributed by atoms with Gasteiger partial charge in [-0.3, -0.25) is 4.79 Å². The van der Waals surface area contributed by atoms with Crippen LogP contribution in [0.4, 0.5) is 27.9 Å². The number of carbonyl (C=O) groups is 2. The van der Waals surface area contributed by atoms with E-state index in [0.29, 0.717) is 47.6 Å². The van der Waals surface area contributed by atoms with E-state index < -0.39 is 17.6 Å². The van der Waals surface area contributed by atoms with Gasteiger partial charge in [0.1, 0.15) is 16.9 Å². The van der Waals surface area contributed by atoms with Crippen molar-refractivity contribution in [3.8, 4) is 5.75 Å². The van der Waals surface area contributed by atoms with Crippen molar-refractivity contribution in [1.29, 1.82) is 0 Å². The average Bonchev–Trinajstić information content (AvgIpc) is 3.45. The first kappa shape index (κ1) is 26.1. The number of primary amides is 1. The standard InChI is InChI=1S/C27H33ClN6O4/c1-5-34-19-9-8-18(22(37-4)16(19)10-11-27(2,3)24(34)35)31-26-30-13-17(28)23(33-26)32-20-14-6-7-15(12-14)21(20)38-25(29)36/h6-9,13-15,20-21H,5,10-12H2,1-4H3,(H2,29,36)(H2,30,31,32,33). The van der Waals surface area contributed by atoms with Crippen LogP contribution in [0.15, 0.2) is 30.5 Å². The summed E-state index contributed by atoms with van der Waals surface area (Å²) in [7, 11) is 1.62. The third kappa shape index (κ3) is 4.62. The minimum atomic E-state index is -0.805. The maximum Gasteiger partial charge on any atom is 0.404 e. The molecule has 2 heterocycles. The van der Waals surface area contributed by atoms with Gasteiger partial charge in [-0.1, -0.05) is 37.6 Å². The lowest BCUT2D eigenvalue weighted by molar-refractivity contribution is -0.126. The van der Waals surface area contributed by atoms with E-state index >= 15 is 0 Å². The lowest BCUT2D eigenvalue weighted by atomic mass is 9.86. The van der Waals surface area contributed by atoms with E-state index in [9.17, 15) is 9.59 Å². The molecule has 11 heteroatoms. The molecule has 0 saturated heterocycles. The van der Waals surface area contributed by atoms with Crippen molar-refractivity contribution in [2.24, 2.45) is 23.0 Å². The summed E-state index contributed by atoms with van der Waals surface area (Å²) in [6, 6.07) is 3.60. The Hall–Kier alpha value is -3.53. The molecule has 4 unspecified atom stereocenters. The molecule has 2 aliphatic carbocycles. The van der Waals surface area contributed by atoms with Gasteiger partial charge in [0.2, 0.25) is 11.9 Å². The normalized spacial score (nSPS) is 25.1. The maximum atomic E-state index is 13.2. The van der Waals surface area contributed by atoms with Gasteiger partial charge in [0.25, 0.3) is 0 Å². The Labute approximate surface area is 226 Å². The summed E-state index contributed by atoms with van der Waals surface area (Å²) in [6.07, 6.45) is 6.74. The molecule has 5 rings (SSSR count). The van der Waals surface area contributed by atoms with Crippen molar-refractivity contribution in [1.82, 2.24) is 9.97 Å². The van der Waals surface area contributed by atoms with Crippen molar-refractivity contribution in [3.05, 3.63) is 41.1 Å². The minimum absolute atomic E-state index is 0.103. The fraction of sp³-hybridized carbons (Fsp3) is 0.481. The summed E-state index contributed by atoms with van der Waals surface area (Å²) in [5.41, 5.74) is 7.34. The molecule has 4 atom stereocenters. The minimum Gasteiger partial charge on any atom is -0.494 e. The number of amides is 2. The molecule has 1 aliphatic heterocycles. The van der Waals surface area contributed by atoms with E-state index in [1.165, 1.54) is 6.20 Å². The first-order chi connectivity index (χ1) is 18.1. The summed E-state index contributed by atoms with van der Waals surface area (Å²) in [5.74, 6) is 1.77. The molecule has 2 bridgehead atoms. The monoisotopic (exact) mass is 540 g/mol. The molecule has 3 aliphatic rings. The lowest BCUT2D eigenvalue weighted by Gasteiger charge is -2.29. The second-order valence-electron chi connectivity index (χ2n) is 10.6. The van der Waals surface area contributed by atoms with Gasteiger partial charge in [0, 0.05) is 29.4 Å². The summed E-state index contributed by atoms with van der Waals surface area (Å²) in [6.45, 7) is 6.51. The first-order valence-corrected chi connectivity index (χ1v) is 13.2. The SMILES string of the molecule is CCN1C(=O)C(C)(C)CCc2c1ccc(Nc1ncc(Cl)c(NC3C4C=CC(C4)C3OC(N)=O)n1)c2OC. The molecule has 2 amide bonds. The number of methoxy groups -OCH3 is 1. The smallest absolute Gasteiger partial charge is 0.404 e. The third-order valence-electron chi connectivity index (χ3n) is 7.80. The Morgan fingerprint density at radius 3 is 2.76 bits per heavy atom. The Bertz CT molecular complexity index is 1300. The number of hydrogen-bond acceptors (Lipinski definition) is 8. The van der Waals surface area contributed by atoms with Crippen LogP contribution in [0.2, 0.25) is 5.02 Å². The van der Waals surface area contributed by atoms with E-state index in [4.69, 9.17) is 26.8 Å². The van der Waals surface area contributed by atoms with Crippen LogP contribution in [-0.4, -0.2) is 47.8 Å². The number of rotatable bonds is 7. The molecular weight excluding hydrogens is 508 g/mol. The molecule has 202 valence electrons. The molecule has 4 N–H and O–H groups in total. The number of anilines is 4. The molecule has 1 aromatic heterocycles. The number of nitrogens with one attached hydrogen (secondary N) is 2. The Balaban J connectivity index is 1.43. The van der Waals surface area contributed by atoms with Gasteiger partial charge in [-0.15, -0.1) is 0 Å². The quantitative estimate of drug-likeness (QED) is 0.432. The summed E-state index contributed by atoms with van der Waals surface area (Å²) in [4.78, 5) is 35.5. The number of nitrogens with two attached hydrogens (primary N) is 1. The highest BCUT2D eigenvalue weighted by Gasteiger charge is 2.47. The number of hydrogen-bond donors (Lipinski definition) is 3. The van der Waals surface area contributed by atoms with Crippen molar-refractivity contribution >= 4 is 46.7 Å². The van der Waals surface area contributed by atoms with E-state index in [1.54, 1.807) is 7.11 Å². The second kappa shape index (κ2) is 9.98. The molecule has 2 aromatic rings. The largest absolute Gasteiger partial charge is 0.494 e. The van der Waals surface area contributed by atoms with Crippen LogP contribution in [0, 0.1) is 17.3 Å². The Morgan fingerprint density at radius 2 is 2.05 bits per heavy atom. The number of fused-ring (bicyclic) bond motifs is 3. The van der Waals surface area contributed by atoms with Crippen LogP contribution in [0.5, 0.6) is 5.75 Å². The fourth-order valence-electron chi connectivity index (χ4n) is 5.84. The molecule has 1 saturated carbocycles. The summed E-state index contributed by atoms with van der Waals surface area (Å²) < 4.78 is 11.3. The molecular formula is C27H33ClN6O4. The van der Waals surface area contributed by atoms with Crippen molar-refractivity contribution in [2.75, 3.05) is 29.2 Å². The maximum absolute atomic E-state index is 13.2. The van der Waals surface area contributed by atoms with E-state index in [1.807, 2.05) is 37.8 Å². The zero-order valence-electron chi connectivity index (χ0n) is 22.0. The van der Waals surface area contributed by atoms with Crippen LogP contribution < -0.4 is 26.0 Å². The molecule has 0 spiro atoms. The summed E-state index contributed by atoms with van der Waals surface area (Å²) in [5, 5.41) is 6.95. The lowest BCUT2D eigenvalue weighted by Crippen LogP contribution is -2.41.